The van der Waals surface area contributed by atoms with Gasteiger partial charge in [0.25, 0.3) is 0 Å². The van der Waals surface area contributed by atoms with Gasteiger partial charge in [-0.15, -0.1) is 0 Å². The number of amides is 1. The highest BCUT2D eigenvalue weighted by Crippen LogP contribution is 2.01. The number of ether oxygens (including phenoxy) is 1. The number of methoxy groups -OCH3 is 1. The van der Waals surface area contributed by atoms with Crippen LogP contribution in [-0.2, 0) is 11.3 Å². The van der Waals surface area contributed by atoms with Crippen LogP contribution in [0.5, 0.6) is 0 Å². The van der Waals surface area contributed by atoms with Crippen LogP contribution in [0.1, 0.15) is 16.2 Å². The molecule has 0 spiro atoms. The van der Waals surface area contributed by atoms with Gasteiger partial charge in [0, 0.05) is 5.69 Å². The second-order valence-corrected chi connectivity index (χ2v) is 2.55. The standard InChI is InChI=1S/C8H10N2O4/c1-14-8(13)9-4-5-2-3-6(10-5)7(11)12/h2-3,10H,4H2,1H3,(H,9,13)(H,11,12). The first-order chi connectivity index (χ1) is 6.63. The van der Waals surface area contributed by atoms with Gasteiger partial charge in [-0.05, 0) is 12.1 Å². The van der Waals surface area contributed by atoms with E-state index in [1.807, 2.05) is 0 Å². The summed E-state index contributed by atoms with van der Waals surface area (Å²) in [5.41, 5.74) is 0.694. The Morgan fingerprint density at radius 1 is 1.57 bits per heavy atom. The highest BCUT2D eigenvalue weighted by molar-refractivity contribution is 5.85. The van der Waals surface area contributed by atoms with Gasteiger partial charge in [-0.2, -0.15) is 0 Å². The van der Waals surface area contributed by atoms with Crippen LogP contribution in [0.3, 0.4) is 0 Å². The molecule has 0 saturated heterocycles. The summed E-state index contributed by atoms with van der Waals surface area (Å²) in [6, 6.07) is 3.01. The van der Waals surface area contributed by atoms with Gasteiger partial charge in [0.15, 0.2) is 0 Å². The SMILES string of the molecule is COC(=O)NCc1ccc(C(=O)O)[nH]1. The lowest BCUT2D eigenvalue weighted by molar-refractivity contribution is 0.0691. The molecular weight excluding hydrogens is 188 g/mol. The first-order valence-electron chi connectivity index (χ1n) is 3.86. The Morgan fingerprint density at radius 3 is 2.79 bits per heavy atom. The van der Waals surface area contributed by atoms with Crippen LogP contribution >= 0.6 is 0 Å². The Labute approximate surface area is 79.9 Å². The van der Waals surface area contributed by atoms with Crippen molar-refractivity contribution in [3.8, 4) is 0 Å². The Kier molecular flexibility index (Phi) is 3.11. The van der Waals surface area contributed by atoms with Gasteiger partial charge in [0.05, 0.1) is 13.7 Å². The molecule has 0 fully saturated rings. The van der Waals surface area contributed by atoms with E-state index in [4.69, 9.17) is 5.11 Å². The lowest BCUT2D eigenvalue weighted by Gasteiger charge is -2.00. The van der Waals surface area contributed by atoms with Crippen LogP contribution in [0.25, 0.3) is 0 Å². The van der Waals surface area contributed by atoms with Crippen LogP contribution in [0.4, 0.5) is 4.79 Å². The number of hydrogen-bond acceptors (Lipinski definition) is 3. The van der Waals surface area contributed by atoms with E-state index in [0.29, 0.717) is 5.69 Å². The number of nitrogens with one attached hydrogen (secondary N) is 2. The van der Waals surface area contributed by atoms with Gasteiger partial charge in [0.2, 0.25) is 0 Å². The minimum Gasteiger partial charge on any atom is -0.477 e. The Hall–Kier alpha value is -1.98. The number of aromatic amines is 1. The Morgan fingerprint density at radius 2 is 2.29 bits per heavy atom. The molecule has 76 valence electrons. The zero-order chi connectivity index (χ0) is 10.6. The summed E-state index contributed by atoms with van der Waals surface area (Å²) in [5.74, 6) is -1.03. The number of alkyl carbamates (subject to hydrolysis) is 1. The normalized spacial score (nSPS) is 9.50. The van der Waals surface area contributed by atoms with E-state index in [9.17, 15) is 9.59 Å². The van der Waals surface area contributed by atoms with Gasteiger partial charge >= 0.3 is 12.1 Å². The van der Waals surface area contributed by atoms with Gasteiger partial charge in [-0.25, -0.2) is 9.59 Å². The average molecular weight is 198 g/mol. The lowest BCUT2D eigenvalue weighted by Crippen LogP contribution is -2.22. The number of carboxylic acid groups (broad SMARTS) is 1. The summed E-state index contributed by atoms with van der Waals surface area (Å²) in [7, 11) is 1.26. The van der Waals surface area contributed by atoms with E-state index in [1.54, 1.807) is 6.07 Å². The monoisotopic (exact) mass is 198 g/mol. The summed E-state index contributed by atoms with van der Waals surface area (Å²) in [6.07, 6.45) is -0.559. The summed E-state index contributed by atoms with van der Waals surface area (Å²) >= 11 is 0. The number of rotatable bonds is 3. The van der Waals surface area contributed by atoms with Gasteiger partial charge < -0.3 is 20.1 Å². The predicted molar refractivity (Wildman–Crippen MR) is 47.0 cm³/mol. The van der Waals surface area contributed by atoms with Crippen molar-refractivity contribution in [1.82, 2.24) is 10.3 Å². The quantitative estimate of drug-likeness (QED) is 0.662. The fraction of sp³-hybridized carbons (Fsp3) is 0.250. The first kappa shape index (κ1) is 10.1. The topological polar surface area (TPSA) is 91.4 Å². The largest absolute Gasteiger partial charge is 0.477 e. The molecule has 1 rings (SSSR count). The Bertz CT molecular complexity index is 345. The molecule has 3 N–H and O–H groups in total. The van der Waals surface area contributed by atoms with Crippen molar-refractivity contribution < 1.29 is 19.4 Å². The van der Waals surface area contributed by atoms with Crippen molar-refractivity contribution in [3.05, 3.63) is 23.5 Å². The molecule has 6 nitrogen and oxygen atoms in total. The molecule has 0 bridgehead atoms. The molecule has 1 amide bonds. The van der Waals surface area contributed by atoms with Crippen LogP contribution in [-0.4, -0.2) is 29.3 Å². The van der Waals surface area contributed by atoms with E-state index >= 15 is 0 Å². The van der Waals surface area contributed by atoms with E-state index in [1.165, 1.54) is 13.2 Å². The molecule has 0 atom stereocenters. The van der Waals surface area contributed by atoms with E-state index < -0.39 is 12.1 Å². The number of hydrogen-bond donors (Lipinski definition) is 3. The zero-order valence-electron chi connectivity index (χ0n) is 7.53. The van der Waals surface area contributed by atoms with Gasteiger partial charge in [-0.3, -0.25) is 0 Å². The number of aromatic carboxylic acids is 1. The summed E-state index contributed by atoms with van der Waals surface area (Å²) < 4.78 is 4.35. The molecule has 6 heteroatoms. The molecule has 14 heavy (non-hydrogen) atoms. The molecule has 0 unspecified atom stereocenters. The maximum Gasteiger partial charge on any atom is 0.407 e. The van der Waals surface area contributed by atoms with Crippen molar-refractivity contribution in [3.63, 3.8) is 0 Å². The van der Waals surface area contributed by atoms with Crippen LogP contribution in [0, 0.1) is 0 Å². The molecule has 0 aromatic carbocycles. The fourth-order valence-corrected chi connectivity index (χ4v) is 0.908. The second-order valence-electron chi connectivity index (χ2n) is 2.55. The van der Waals surface area contributed by atoms with Crippen LogP contribution < -0.4 is 5.32 Å². The molecule has 1 heterocycles. The minimum absolute atomic E-state index is 0.0895. The van der Waals surface area contributed by atoms with Crippen molar-refractivity contribution in [2.45, 2.75) is 6.54 Å². The third-order valence-electron chi connectivity index (χ3n) is 1.59. The molecule has 1 aromatic heterocycles. The number of carbonyl (C=O) groups is 2. The molecule has 1 aromatic rings. The van der Waals surface area contributed by atoms with Gasteiger partial charge in [-0.1, -0.05) is 0 Å². The van der Waals surface area contributed by atoms with Crippen molar-refractivity contribution in [2.24, 2.45) is 0 Å². The maximum absolute atomic E-state index is 10.7. The summed E-state index contributed by atoms with van der Waals surface area (Å²) in [4.78, 5) is 23.7. The highest BCUT2D eigenvalue weighted by atomic mass is 16.5. The maximum atomic E-state index is 10.7. The summed E-state index contributed by atoms with van der Waals surface area (Å²) in [5, 5.41) is 11.0. The third-order valence-corrected chi connectivity index (χ3v) is 1.59. The predicted octanol–water partition coefficient (Wildman–Crippen LogP) is 0.569. The fourth-order valence-electron chi connectivity index (χ4n) is 0.908. The molecule has 0 aliphatic heterocycles. The number of carbonyl (C=O) groups excluding carboxylic acids is 1. The molecule has 0 aliphatic carbocycles. The average Bonchev–Trinajstić information content (AvgIpc) is 2.62. The number of H-pyrrole nitrogens is 1. The number of carboxylic acids is 1. The van der Waals surface area contributed by atoms with Crippen molar-refractivity contribution in [1.29, 1.82) is 0 Å². The number of aromatic nitrogens is 1. The second kappa shape index (κ2) is 4.31. The smallest absolute Gasteiger partial charge is 0.407 e. The summed E-state index contributed by atoms with van der Waals surface area (Å²) in [6.45, 7) is 0.208. The van der Waals surface area contributed by atoms with E-state index in [2.05, 4.69) is 15.0 Å². The minimum atomic E-state index is -1.03. The van der Waals surface area contributed by atoms with E-state index in [0.717, 1.165) is 0 Å². The lowest BCUT2D eigenvalue weighted by atomic mass is 10.4. The van der Waals surface area contributed by atoms with E-state index in [-0.39, 0.29) is 12.2 Å². The Balaban J connectivity index is 2.52. The molecule has 0 aliphatic rings. The van der Waals surface area contributed by atoms with Gasteiger partial charge in [0.1, 0.15) is 5.69 Å². The van der Waals surface area contributed by atoms with Crippen molar-refractivity contribution in [2.75, 3.05) is 7.11 Å². The molecule has 0 radical (unpaired) electrons. The molecule has 0 saturated carbocycles. The van der Waals surface area contributed by atoms with Crippen LogP contribution in [0.15, 0.2) is 12.1 Å². The van der Waals surface area contributed by atoms with Crippen LogP contribution in [0.2, 0.25) is 0 Å². The molecular formula is C8H10N2O4. The van der Waals surface area contributed by atoms with Crippen molar-refractivity contribution >= 4 is 12.1 Å². The zero-order valence-corrected chi connectivity index (χ0v) is 7.53. The highest BCUT2D eigenvalue weighted by Gasteiger charge is 2.06. The first-order valence-corrected chi connectivity index (χ1v) is 3.86. The third kappa shape index (κ3) is 2.51.